The molecule has 5 aromatic rings. The SMILES string of the molecule is Cc1nc(Cc2ccccc2)sc1C(=O)Nc1ccc(-n2cnc3ccccc32)nc1. The van der Waals surface area contributed by atoms with Gasteiger partial charge in [-0.15, -0.1) is 11.3 Å². The van der Waals surface area contributed by atoms with E-state index in [-0.39, 0.29) is 5.91 Å². The number of carbonyl (C=O) groups is 1. The van der Waals surface area contributed by atoms with Crippen LogP contribution in [0.5, 0.6) is 0 Å². The second kappa shape index (κ2) is 8.12. The van der Waals surface area contributed by atoms with Gasteiger partial charge in [0.1, 0.15) is 17.0 Å². The molecule has 0 aliphatic rings. The number of fused-ring (bicyclic) bond motifs is 1. The predicted octanol–water partition coefficient (Wildman–Crippen LogP) is 5.03. The molecule has 31 heavy (non-hydrogen) atoms. The molecule has 1 N–H and O–H groups in total. The summed E-state index contributed by atoms with van der Waals surface area (Å²) in [6, 6.07) is 21.7. The van der Waals surface area contributed by atoms with Gasteiger partial charge in [-0.2, -0.15) is 0 Å². The van der Waals surface area contributed by atoms with E-state index in [2.05, 4.69) is 32.4 Å². The molecule has 6 nitrogen and oxygen atoms in total. The quantitative estimate of drug-likeness (QED) is 0.429. The number of anilines is 1. The number of imidazole rings is 1. The zero-order chi connectivity index (χ0) is 21.2. The Hall–Kier alpha value is -3.84. The summed E-state index contributed by atoms with van der Waals surface area (Å²) in [5.41, 5.74) is 4.44. The number of hydrogen-bond donors (Lipinski definition) is 1. The van der Waals surface area contributed by atoms with E-state index >= 15 is 0 Å². The first-order valence-corrected chi connectivity index (χ1v) is 10.7. The summed E-state index contributed by atoms with van der Waals surface area (Å²) in [6.07, 6.45) is 4.12. The second-order valence-corrected chi connectivity index (χ2v) is 8.23. The van der Waals surface area contributed by atoms with Gasteiger partial charge < -0.3 is 5.32 Å². The molecule has 0 radical (unpaired) electrons. The van der Waals surface area contributed by atoms with Crippen LogP contribution < -0.4 is 5.32 Å². The number of pyridine rings is 1. The van der Waals surface area contributed by atoms with Gasteiger partial charge in [-0.05, 0) is 36.8 Å². The van der Waals surface area contributed by atoms with Crippen molar-refractivity contribution in [2.45, 2.75) is 13.3 Å². The van der Waals surface area contributed by atoms with Gasteiger partial charge in [0.25, 0.3) is 5.91 Å². The summed E-state index contributed by atoms with van der Waals surface area (Å²) >= 11 is 1.43. The Bertz CT molecular complexity index is 1360. The standard InChI is InChI=1S/C24H19N5OS/c1-16-23(31-22(27-16)13-17-7-3-2-4-8-17)24(30)28-18-11-12-21(25-14-18)29-15-26-19-9-5-6-10-20(19)29/h2-12,14-15H,13H2,1H3,(H,28,30). The van der Waals surface area contributed by atoms with Crippen molar-refractivity contribution in [2.24, 2.45) is 0 Å². The molecule has 7 heteroatoms. The van der Waals surface area contributed by atoms with Gasteiger partial charge in [-0.25, -0.2) is 15.0 Å². The van der Waals surface area contributed by atoms with Crippen molar-refractivity contribution in [3.63, 3.8) is 0 Å². The van der Waals surface area contributed by atoms with Crippen LogP contribution in [0, 0.1) is 6.92 Å². The molecule has 0 aliphatic carbocycles. The number of nitrogens with one attached hydrogen (secondary N) is 1. The normalized spacial score (nSPS) is 11.0. The third-order valence-corrected chi connectivity index (χ3v) is 6.11. The minimum atomic E-state index is -0.169. The minimum absolute atomic E-state index is 0.169. The number of hydrogen-bond acceptors (Lipinski definition) is 5. The van der Waals surface area contributed by atoms with E-state index in [9.17, 15) is 4.79 Å². The average Bonchev–Trinajstić information content (AvgIpc) is 3.38. The van der Waals surface area contributed by atoms with E-state index in [4.69, 9.17) is 0 Å². The number of benzene rings is 2. The maximum absolute atomic E-state index is 12.8. The highest BCUT2D eigenvalue weighted by molar-refractivity contribution is 7.14. The van der Waals surface area contributed by atoms with Crippen LogP contribution in [0.3, 0.4) is 0 Å². The Morgan fingerprint density at radius 1 is 1.00 bits per heavy atom. The summed E-state index contributed by atoms with van der Waals surface area (Å²) in [6.45, 7) is 1.87. The van der Waals surface area contributed by atoms with E-state index in [1.54, 1.807) is 12.5 Å². The van der Waals surface area contributed by atoms with Crippen LogP contribution >= 0.6 is 11.3 Å². The summed E-state index contributed by atoms with van der Waals surface area (Å²) in [5.74, 6) is 0.572. The van der Waals surface area contributed by atoms with Gasteiger partial charge in [0, 0.05) is 6.42 Å². The van der Waals surface area contributed by atoms with Crippen molar-refractivity contribution in [1.29, 1.82) is 0 Å². The molecule has 3 aromatic heterocycles. The van der Waals surface area contributed by atoms with E-state index in [1.807, 2.05) is 66.1 Å². The number of nitrogens with zero attached hydrogens (tertiary/aromatic N) is 4. The lowest BCUT2D eigenvalue weighted by molar-refractivity contribution is 0.102. The zero-order valence-electron chi connectivity index (χ0n) is 16.8. The summed E-state index contributed by atoms with van der Waals surface area (Å²) in [5, 5.41) is 3.86. The fraction of sp³-hybridized carbons (Fsp3) is 0.0833. The van der Waals surface area contributed by atoms with Crippen molar-refractivity contribution in [2.75, 3.05) is 5.32 Å². The number of aromatic nitrogens is 4. The Labute approximate surface area is 183 Å². The monoisotopic (exact) mass is 425 g/mol. The first-order chi connectivity index (χ1) is 15.2. The molecule has 0 aliphatic heterocycles. The van der Waals surface area contributed by atoms with E-state index in [0.29, 0.717) is 10.6 Å². The van der Waals surface area contributed by atoms with Crippen molar-refractivity contribution >= 4 is 34.0 Å². The van der Waals surface area contributed by atoms with E-state index in [0.717, 1.165) is 34.0 Å². The highest BCUT2D eigenvalue weighted by Crippen LogP contribution is 2.23. The summed E-state index contributed by atoms with van der Waals surface area (Å²) in [7, 11) is 0. The number of thiazole rings is 1. The Morgan fingerprint density at radius 2 is 1.81 bits per heavy atom. The van der Waals surface area contributed by atoms with Gasteiger partial charge in [-0.1, -0.05) is 42.5 Å². The largest absolute Gasteiger partial charge is 0.320 e. The van der Waals surface area contributed by atoms with Gasteiger partial charge >= 0.3 is 0 Å². The molecule has 0 saturated carbocycles. The molecule has 152 valence electrons. The lowest BCUT2D eigenvalue weighted by Gasteiger charge is -2.06. The highest BCUT2D eigenvalue weighted by atomic mass is 32.1. The number of aryl methyl sites for hydroxylation is 1. The summed E-state index contributed by atoms with van der Waals surface area (Å²) in [4.78, 5) is 26.9. The van der Waals surface area contributed by atoms with Crippen molar-refractivity contribution in [3.8, 4) is 5.82 Å². The highest BCUT2D eigenvalue weighted by Gasteiger charge is 2.16. The lowest BCUT2D eigenvalue weighted by Crippen LogP contribution is -2.12. The molecule has 5 rings (SSSR count). The number of rotatable bonds is 5. The van der Waals surface area contributed by atoms with Crippen LogP contribution in [0.15, 0.2) is 79.3 Å². The third-order valence-electron chi connectivity index (χ3n) is 4.95. The minimum Gasteiger partial charge on any atom is -0.320 e. The van der Waals surface area contributed by atoms with E-state index < -0.39 is 0 Å². The smallest absolute Gasteiger partial charge is 0.267 e. The van der Waals surface area contributed by atoms with Crippen molar-refractivity contribution in [3.05, 3.63) is 100 Å². The molecule has 1 amide bonds. The van der Waals surface area contributed by atoms with Gasteiger partial charge in [0.2, 0.25) is 0 Å². The van der Waals surface area contributed by atoms with Crippen LogP contribution in [0.25, 0.3) is 16.9 Å². The van der Waals surface area contributed by atoms with Crippen LogP contribution in [-0.4, -0.2) is 25.4 Å². The van der Waals surface area contributed by atoms with Gasteiger partial charge in [0.15, 0.2) is 0 Å². The molecule has 3 heterocycles. The average molecular weight is 426 g/mol. The maximum atomic E-state index is 12.8. The Morgan fingerprint density at radius 3 is 2.61 bits per heavy atom. The first-order valence-electron chi connectivity index (χ1n) is 9.87. The van der Waals surface area contributed by atoms with Crippen LogP contribution in [-0.2, 0) is 6.42 Å². The van der Waals surface area contributed by atoms with Gasteiger partial charge in [-0.3, -0.25) is 9.36 Å². The molecule has 0 bridgehead atoms. The maximum Gasteiger partial charge on any atom is 0.267 e. The van der Waals surface area contributed by atoms with Gasteiger partial charge in [0.05, 0.1) is 33.6 Å². The topological polar surface area (TPSA) is 72.7 Å². The Balaban J connectivity index is 1.32. The van der Waals surface area contributed by atoms with Crippen molar-refractivity contribution < 1.29 is 4.79 Å². The zero-order valence-corrected chi connectivity index (χ0v) is 17.6. The predicted molar refractivity (Wildman–Crippen MR) is 123 cm³/mol. The summed E-state index contributed by atoms with van der Waals surface area (Å²) < 4.78 is 1.92. The number of carbonyl (C=O) groups excluding carboxylic acids is 1. The number of amides is 1. The second-order valence-electron chi connectivity index (χ2n) is 7.15. The fourth-order valence-corrected chi connectivity index (χ4v) is 4.44. The number of para-hydroxylation sites is 2. The third kappa shape index (κ3) is 3.95. The molecule has 0 unspecified atom stereocenters. The molecular formula is C24H19N5OS. The molecule has 0 saturated heterocycles. The van der Waals surface area contributed by atoms with Crippen LogP contribution in [0.4, 0.5) is 5.69 Å². The molecule has 0 spiro atoms. The molecule has 0 fully saturated rings. The lowest BCUT2D eigenvalue weighted by atomic mass is 10.2. The van der Waals surface area contributed by atoms with Crippen LogP contribution in [0.2, 0.25) is 0 Å². The van der Waals surface area contributed by atoms with Crippen molar-refractivity contribution in [1.82, 2.24) is 19.5 Å². The Kier molecular flexibility index (Phi) is 5.01. The molecule has 2 aromatic carbocycles. The van der Waals surface area contributed by atoms with E-state index in [1.165, 1.54) is 16.9 Å². The molecule has 0 atom stereocenters. The fourth-order valence-electron chi connectivity index (χ4n) is 3.44. The molecular weight excluding hydrogens is 406 g/mol. The van der Waals surface area contributed by atoms with Crippen LogP contribution in [0.1, 0.15) is 25.9 Å². The first kappa shape index (κ1) is 19.1.